The standard InChI is InChI=1S/C36H74O11/c1-4-7-9-10-11-12-14-36(37)34-47-32-30-45-28-26-43-24-22-41-20-18-39-16-15-38-17-19-40-21-23-42-25-27-44-29-31-46-33-35(6-3)13-8-5-2/h35-37H,4-34H2,1-3H3. The third kappa shape index (κ3) is 39.9. The van der Waals surface area contributed by atoms with Crippen molar-refractivity contribution in [1.82, 2.24) is 0 Å². The van der Waals surface area contributed by atoms with E-state index in [2.05, 4.69) is 20.8 Å². The van der Waals surface area contributed by atoms with Crippen molar-refractivity contribution < 1.29 is 52.5 Å². The van der Waals surface area contributed by atoms with Crippen molar-refractivity contribution in [3.63, 3.8) is 0 Å². The van der Waals surface area contributed by atoms with Gasteiger partial charge in [0.05, 0.1) is 132 Å². The Kier molecular flexibility index (Phi) is 41.3. The highest BCUT2D eigenvalue weighted by atomic mass is 16.6. The molecular formula is C36H74O11. The lowest BCUT2D eigenvalue weighted by atomic mass is 10.0. The van der Waals surface area contributed by atoms with E-state index in [9.17, 15) is 5.11 Å². The fourth-order valence-electron chi connectivity index (χ4n) is 4.49. The maximum absolute atomic E-state index is 9.95. The van der Waals surface area contributed by atoms with Crippen LogP contribution in [0.5, 0.6) is 0 Å². The predicted molar refractivity (Wildman–Crippen MR) is 185 cm³/mol. The van der Waals surface area contributed by atoms with Crippen molar-refractivity contribution in [2.24, 2.45) is 5.92 Å². The highest BCUT2D eigenvalue weighted by molar-refractivity contribution is 4.56. The van der Waals surface area contributed by atoms with Crippen molar-refractivity contribution in [1.29, 1.82) is 0 Å². The van der Waals surface area contributed by atoms with Crippen LogP contribution >= 0.6 is 0 Å². The summed E-state index contributed by atoms with van der Waals surface area (Å²) in [6, 6.07) is 0. The van der Waals surface area contributed by atoms with Crippen molar-refractivity contribution in [3.8, 4) is 0 Å². The number of unbranched alkanes of at least 4 members (excludes halogenated alkanes) is 6. The summed E-state index contributed by atoms with van der Waals surface area (Å²) >= 11 is 0. The van der Waals surface area contributed by atoms with E-state index >= 15 is 0 Å². The minimum atomic E-state index is -0.378. The van der Waals surface area contributed by atoms with Gasteiger partial charge in [0.15, 0.2) is 0 Å². The normalized spacial score (nSPS) is 13.0. The first-order chi connectivity index (χ1) is 23.2. The Hall–Kier alpha value is -0.440. The van der Waals surface area contributed by atoms with Crippen molar-refractivity contribution in [2.45, 2.75) is 97.5 Å². The van der Waals surface area contributed by atoms with Crippen molar-refractivity contribution in [3.05, 3.63) is 0 Å². The van der Waals surface area contributed by atoms with Gasteiger partial charge in [-0.25, -0.2) is 0 Å². The smallest absolute Gasteiger partial charge is 0.0773 e. The number of rotatable bonds is 42. The van der Waals surface area contributed by atoms with Gasteiger partial charge in [-0.1, -0.05) is 78.6 Å². The van der Waals surface area contributed by atoms with Gasteiger partial charge in [0.1, 0.15) is 0 Å². The van der Waals surface area contributed by atoms with Gasteiger partial charge < -0.3 is 52.5 Å². The first kappa shape index (κ1) is 46.6. The zero-order valence-electron chi connectivity index (χ0n) is 30.6. The highest BCUT2D eigenvalue weighted by Gasteiger charge is 2.06. The monoisotopic (exact) mass is 683 g/mol. The molecule has 0 aromatic rings. The minimum absolute atomic E-state index is 0.377. The Morgan fingerprint density at radius 3 is 1.02 bits per heavy atom. The summed E-state index contributed by atoms with van der Waals surface area (Å²) in [5, 5.41) is 9.95. The third-order valence-corrected chi connectivity index (χ3v) is 7.45. The maximum Gasteiger partial charge on any atom is 0.0773 e. The van der Waals surface area contributed by atoms with E-state index in [1.807, 2.05) is 0 Å². The van der Waals surface area contributed by atoms with Crippen LogP contribution < -0.4 is 0 Å². The quantitative estimate of drug-likeness (QED) is 0.0827. The summed E-state index contributed by atoms with van der Waals surface area (Å²) in [4.78, 5) is 0. The van der Waals surface area contributed by atoms with Gasteiger partial charge in [-0.2, -0.15) is 0 Å². The van der Waals surface area contributed by atoms with E-state index in [0.717, 1.165) is 19.4 Å². The van der Waals surface area contributed by atoms with Crippen molar-refractivity contribution >= 4 is 0 Å². The van der Waals surface area contributed by atoms with E-state index in [4.69, 9.17) is 47.4 Å². The molecule has 0 saturated carbocycles. The second kappa shape index (κ2) is 41.7. The van der Waals surface area contributed by atoms with Crippen LogP contribution in [0.1, 0.15) is 91.4 Å². The lowest BCUT2D eigenvalue weighted by Gasteiger charge is -2.14. The van der Waals surface area contributed by atoms with Crippen LogP contribution in [0.2, 0.25) is 0 Å². The van der Waals surface area contributed by atoms with E-state index in [-0.39, 0.29) is 6.10 Å². The molecule has 0 aliphatic heterocycles. The molecule has 47 heavy (non-hydrogen) atoms. The molecule has 2 atom stereocenters. The van der Waals surface area contributed by atoms with Gasteiger partial charge in [0.2, 0.25) is 0 Å². The first-order valence-corrected chi connectivity index (χ1v) is 18.7. The molecule has 11 nitrogen and oxygen atoms in total. The molecule has 0 fully saturated rings. The van der Waals surface area contributed by atoms with Gasteiger partial charge in [0, 0.05) is 6.61 Å². The van der Waals surface area contributed by atoms with Crippen molar-refractivity contribution in [2.75, 3.05) is 132 Å². The molecule has 0 rings (SSSR count). The lowest BCUT2D eigenvalue weighted by Crippen LogP contribution is -2.18. The number of ether oxygens (including phenoxy) is 10. The number of hydrogen-bond acceptors (Lipinski definition) is 11. The van der Waals surface area contributed by atoms with E-state index < -0.39 is 0 Å². The largest absolute Gasteiger partial charge is 0.391 e. The molecule has 11 heteroatoms. The Balaban J connectivity index is 3.13. The molecule has 0 aliphatic rings. The van der Waals surface area contributed by atoms with E-state index in [1.165, 1.54) is 57.8 Å². The Morgan fingerprint density at radius 2 is 0.660 bits per heavy atom. The van der Waals surface area contributed by atoms with Gasteiger partial charge in [-0.15, -0.1) is 0 Å². The lowest BCUT2D eigenvalue weighted by molar-refractivity contribution is -0.0294. The summed E-state index contributed by atoms with van der Waals surface area (Å²) in [7, 11) is 0. The predicted octanol–water partition coefficient (Wildman–Crippen LogP) is 5.48. The molecule has 284 valence electrons. The van der Waals surface area contributed by atoms with Crippen LogP contribution in [0.25, 0.3) is 0 Å². The second-order valence-corrected chi connectivity index (χ2v) is 11.7. The number of aliphatic hydroxyl groups excluding tert-OH is 1. The van der Waals surface area contributed by atoms with Crippen LogP contribution in [0.4, 0.5) is 0 Å². The number of hydrogen-bond donors (Lipinski definition) is 1. The molecule has 0 heterocycles. The van der Waals surface area contributed by atoms with Gasteiger partial charge in [-0.3, -0.25) is 0 Å². The third-order valence-electron chi connectivity index (χ3n) is 7.45. The molecule has 0 bridgehead atoms. The first-order valence-electron chi connectivity index (χ1n) is 18.7. The molecule has 0 radical (unpaired) electrons. The summed E-state index contributed by atoms with van der Waals surface area (Å²) in [5.74, 6) is 0.668. The molecule has 0 saturated heterocycles. The summed E-state index contributed by atoms with van der Waals surface area (Å²) in [6.07, 6.45) is 12.8. The Bertz CT molecular complexity index is 559. The van der Waals surface area contributed by atoms with Gasteiger partial charge >= 0.3 is 0 Å². The Labute approximate surface area is 287 Å². The average Bonchev–Trinajstić information content (AvgIpc) is 3.08. The Morgan fingerprint density at radius 1 is 0.340 bits per heavy atom. The fraction of sp³-hybridized carbons (Fsp3) is 1.00. The van der Waals surface area contributed by atoms with Crippen LogP contribution in [0, 0.1) is 5.92 Å². The van der Waals surface area contributed by atoms with E-state index in [0.29, 0.717) is 131 Å². The molecule has 0 aliphatic carbocycles. The zero-order valence-corrected chi connectivity index (χ0v) is 30.6. The van der Waals surface area contributed by atoms with Crippen LogP contribution in [-0.2, 0) is 47.4 Å². The molecular weight excluding hydrogens is 608 g/mol. The summed E-state index contributed by atoms with van der Waals surface area (Å²) < 4.78 is 55.3. The zero-order chi connectivity index (χ0) is 34.1. The summed E-state index contributed by atoms with van der Waals surface area (Å²) in [6.45, 7) is 17.5. The minimum Gasteiger partial charge on any atom is -0.391 e. The molecule has 0 aromatic heterocycles. The maximum atomic E-state index is 9.95. The topological polar surface area (TPSA) is 113 Å². The molecule has 2 unspecified atom stereocenters. The highest BCUT2D eigenvalue weighted by Crippen LogP contribution is 2.12. The van der Waals surface area contributed by atoms with Gasteiger partial charge in [-0.05, 0) is 18.8 Å². The molecule has 1 N–H and O–H groups in total. The van der Waals surface area contributed by atoms with Crippen LogP contribution in [-0.4, -0.2) is 143 Å². The molecule has 0 aromatic carbocycles. The fourth-order valence-corrected chi connectivity index (χ4v) is 4.49. The van der Waals surface area contributed by atoms with Crippen LogP contribution in [0.15, 0.2) is 0 Å². The van der Waals surface area contributed by atoms with E-state index in [1.54, 1.807) is 0 Å². The SMILES string of the molecule is CCCCCCCCC(O)COCCOCCOCCOCCOCCOCCOCCOCCOCCOCC(CC)CCCC. The second-order valence-electron chi connectivity index (χ2n) is 11.7. The van der Waals surface area contributed by atoms with Gasteiger partial charge in [0.25, 0.3) is 0 Å². The summed E-state index contributed by atoms with van der Waals surface area (Å²) in [5.41, 5.74) is 0. The number of aliphatic hydroxyl groups is 1. The molecule has 0 amide bonds. The van der Waals surface area contributed by atoms with Crippen LogP contribution in [0.3, 0.4) is 0 Å². The molecule has 0 spiro atoms. The average molecular weight is 683 g/mol.